The van der Waals surface area contributed by atoms with E-state index in [0.29, 0.717) is 30.6 Å². The maximum Gasteiger partial charge on any atom is 0.187 e. The van der Waals surface area contributed by atoms with Crippen LogP contribution in [0.15, 0.2) is 53.6 Å². The van der Waals surface area contributed by atoms with Crippen molar-refractivity contribution in [1.82, 2.24) is 10.7 Å². The summed E-state index contributed by atoms with van der Waals surface area (Å²) in [6.07, 6.45) is 0. The van der Waals surface area contributed by atoms with E-state index in [0.717, 1.165) is 22.6 Å². The van der Waals surface area contributed by atoms with E-state index in [1.54, 1.807) is 0 Å². The molecule has 2 aromatic rings. The molecule has 2 N–H and O–H groups in total. The van der Waals surface area contributed by atoms with E-state index in [-0.39, 0.29) is 0 Å². The Morgan fingerprint density at radius 1 is 1.00 bits per heavy atom. The number of hydrazone groups is 1. The lowest BCUT2D eigenvalue weighted by Gasteiger charge is -2.12. The summed E-state index contributed by atoms with van der Waals surface area (Å²) in [7, 11) is 0. The average molecular weight is 372 g/mol. The predicted octanol–water partition coefficient (Wildman–Crippen LogP) is 3.87. The highest BCUT2D eigenvalue weighted by Crippen LogP contribution is 2.28. The van der Waals surface area contributed by atoms with E-state index in [1.165, 1.54) is 0 Å². The average Bonchev–Trinajstić information content (AvgIpc) is 2.67. The Morgan fingerprint density at radius 2 is 1.69 bits per heavy atom. The first-order valence-electron chi connectivity index (χ1n) is 8.66. The molecule has 0 aliphatic carbocycles. The van der Waals surface area contributed by atoms with Crippen LogP contribution in [0.3, 0.4) is 0 Å². The Morgan fingerprint density at radius 3 is 2.38 bits per heavy atom. The van der Waals surface area contributed by atoms with Crippen molar-refractivity contribution in [3.05, 3.63) is 59.7 Å². The molecule has 138 valence electrons. The molecule has 0 spiro atoms. The van der Waals surface area contributed by atoms with Crippen LogP contribution in [0, 0.1) is 0 Å². The van der Waals surface area contributed by atoms with Gasteiger partial charge in [0.05, 0.1) is 18.9 Å². The summed E-state index contributed by atoms with van der Waals surface area (Å²) in [5, 5.41) is 7.96. The van der Waals surface area contributed by atoms with Gasteiger partial charge in [0.1, 0.15) is 0 Å². The normalized spacial score (nSPS) is 11.0. The van der Waals surface area contributed by atoms with Crippen molar-refractivity contribution in [3.8, 4) is 11.5 Å². The lowest BCUT2D eigenvalue weighted by atomic mass is 10.1. The third-order valence-electron chi connectivity index (χ3n) is 3.58. The maximum absolute atomic E-state index is 5.65. The minimum Gasteiger partial charge on any atom is -0.490 e. The molecule has 0 atom stereocenters. The highest BCUT2D eigenvalue weighted by Gasteiger charge is 2.08. The van der Waals surface area contributed by atoms with Crippen molar-refractivity contribution in [3.63, 3.8) is 0 Å². The molecule has 0 unspecified atom stereocenters. The first kappa shape index (κ1) is 19.7. The number of ether oxygens (including phenoxy) is 2. The van der Waals surface area contributed by atoms with Gasteiger partial charge in [0, 0.05) is 12.1 Å². The smallest absolute Gasteiger partial charge is 0.187 e. The third-order valence-corrected chi connectivity index (χ3v) is 3.82. The number of nitrogens with zero attached hydrogens (tertiary/aromatic N) is 1. The van der Waals surface area contributed by atoms with Gasteiger partial charge in [-0.1, -0.05) is 30.3 Å². The Hall–Kier alpha value is -2.60. The first-order chi connectivity index (χ1) is 12.6. The standard InChI is InChI=1S/C20H25N3O2S/c1-4-24-18-12-11-17(13-19(18)25-5-2)15(3)22-23-20(26)21-14-16-9-7-6-8-10-16/h6-13H,4-5,14H2,1-3H3,(H2,21,23,26)/b22-15-. The second-order valence-electron chi connectivity index (χ2n) is 5.50. The Labute approximate surface area is 160 Å². The lowest BCUT2D eigenvalue weighted by Crippen LogP contribution is -2.32. The quantitative estimate of drug-likeness (QED) is 0.419. The van der Waals surface area contributed by atoms with Crippen molar-refractivity contribution in [1.29, 1.82) is 0 Å². The number of nitrogens with one attached hydrogen (secondary N) is 2. The van der Waals surface area contributed by atoms with Gasteiger partial charge in [-0.3, -0.25) is 5.43 Å². The van der Waals surface area contributed by atoms with Crippen LogP contribution >= 0.6 is 12.2 Å². The summed E-state index contributed by atoms with van der Waals surface area (Å²) in [4.78, 5) is 0. The minimum atomic E-state index is 0.476. The Balaban J connectivity index is 1.97. The number of thiocarbonyl (C=S) groups is 1. The molecule has 0 amide bonds. The predicted molar refractivity (Wildman–Crippen MR) is 110 cm³/mol. The number of rotatable bonds is 8. The molecular formula is C20H25N3O2S. The van der Waals surface area contributed by atoms with Gasteiger partial charge < -0.3 is 14.8 Å². The molecule has 0 aliphatic rings. The first-order valence-corrected chi connectivity index (χ1v) is 9.07. The number of benzene rings is 2. The monoisotopic (exact) mass is 371 g/mol. The van der Waals surface area contributed by atoms with Crippen LogP contribution in [-0.2, 0) is 6.54 Å². The van der Waals surface area contributed by atoms with Crippen LogP contribution in [0.5, 0.6) is 11.5 Å². The van der Waals surface area contributed by atoms with Crippen LogP contribution in [0.2, 0.25) is 0 Å². The van der Waals surface area contributed by atoms with Crippen molar-refractivity contribution in [2.45, 2.75) is 27.3 Å². The van der Waals surface area contributed by atoms with Crippen molar-refractivity contribution in [2.24, 2.45) is 5.10 Å². The summed E-state index contributed by atoms with van der Waals surface area (Å²) in [5.41, 5.74) is 5.78. The lowest BCUT2D eigenvalue weighted by molar-refractivity contribution is 0.287. The van der Waals surface area contributed by atoms with E-state index in [4.69, 9.17) is 21.7 Å². The van der Waals surface area contributed by atoms with Crippen molar-refractivity contribution >= 4 is 23.0 Å². The van der Waals surface area contributed by atoms with E-state index in [1.807, 2.05) is 69.3 Å². The zero-order valence-corrected chi connectivity index (χ0v) is 16.2. The zero-order valence-electron chi connectivity index (χ0n) is 15.4. The zero-order chi connectivity index (χ0) is 18.8. The van der Waals surface area contributed by atoms with Gasteiger partial charge in [-0.05, 0) is 56.8 Å². The van der Waals surface area contributed by atoms with E-state index < -0.39 is 0 Å². The summed E-state index contributed by atoms with van der Waals surface area (Å²) >= 11 is 5.27. The minimum absolute atomic E-state index is 0.476. The van der Waals surface area contributed by atoms with Gasteiger partial charge in [-0.2, -0.15) is 5.10 Å². The maximum atomic E-state index is 5.65. The second kappa shape index (κ2) is 10.4. The Bertz CT molecular complexity index is 748. The number of hydrogen-bond donors (Lipinski definition) is 2. The molecule has 0 aliphatic heterocycles. The van der Waals surface area contributed by atoms with Crippen molar-refractivity contribution < 1.29 is 9.47 Å². The SMILES string of the molecule is CCOc1ccc(/C(C)=N\NC(=S)NCc2ccccc2)cc1OCC. The highest BCUT2D eigenvalue weighted by molar-refractivity contribution is 7.80. The van der Waals surface area contributed by atoms with Gasteiger partial charge in [-0.25, -0.2) is 0 Å². The van der Waals surface area contributed by atoms with Gasteiger partial charge in [0.2, 0.25) is 0 Å². The van der Waals surface area contributed by atoms with Crippen molar-refractivity contribution in [2.75, 3.05) is 13.2 Å². The van der Waals surface area contributed by atoms with Crippen LogP contribution in [-0.4, -0.2) is 24.0 Å². The third kappa shape index (κ3) is 6.04. The van der Waals surface area contributed by atoms with Gasteiger partial charge in [0.25, 0.3) is 0 Å². The molecule has 2 rings (SSSR count). The van der Waals surface area contributed by atoms with Gasteiger partial charge in [0.15, 0.2) is 16.6 Å². The fraction of sp³-hybridized carbons (Fsp3) is 0.300. The van der Waals surface area contributed by atoms with E-state index in [9.17, 15) is 0 Å². The fourth-order valence-electron chi connectivity index (χ4n) is 2.29. The summed E-state index contributed by atoms with van der Waals surface area (Å²) < 4.78 is 11.2. The molecule has 0 saturated heterocycles. The molecule has 0 aromatic heterocycles. The molecule has 0 saturated carbocycles. The molecule has 0 bridgehead atoms. The van der Waals surface area contributed by atoms with Gasteiger partial charge in [-0.15, -0.1) is 0 Å². The molecule has 0 radical (unpaired) electrons. The van der Waals surface area contributed by atoms with Crippen LogP contribution in [0.25, 0.3) is 0 Å². The highest BCUT2D eigenvalue weighted by atomic mass is 32.1. The fourth-order valence-corrected chi connectivity index (χ4v) is 2.41. The molecular weight excluding hydrogens is 346 g/mol. The Kier molecular flexibility index (Phi) is 7.89. The summed E-state index contributed by atoms with van der Waals surface area (Å²) in [5.74, 6) is 1.45. The van der Waals surface area contributed by atoms with Crippen LogP contribution in [0.1, 0.15) is 31.9 Å². The second-order valence-corrected chi connectivity index (χ2v) is 5.91. The largest absolute Gasteiger partial charge is 0.490 e. The molecule has 2 aromatic carbocycles. The van der Waals surface area contributed by atoms with E-state index in [2.05, 4.69) is 15.8 Å². The molecule has 26 heavy (non-hydrogen) atoms. The molecule has 0 fully saturated rings. The molecule has 6 heteroatoms. The van der Waals surface area contributed by atoms with Crippen LogP contribution < -0.4 is 20.2 Å². The van der Waals surface area contributed by atoms with Crippen LogP contribution in [0.4, 0.5) is 0 Å². The summed E-state index contributed by atoms with van der Waals surface area (Å²) in [6.45, 7) is 7.63. The van der Waals surface area contributed by atoms with E-state index >= 15 is 0 Å². The molecule has 0 heterocycles. The van der Waals surface area contributed by atoms with Gasteiger partial charge >= 0.3 is 0 Å². The summed E-state index contributed by atoms with van der Waals surface area (Å²) in [6, 6.07) is 15.8. The molecule has 5 nitrogen and oxygen atoms in total. The number of hydrogen-bond acceptors (Lipinski definition) is 4. The topological polar surface area (TPSA) is 54.9 Å².